The van der Waals surface area contributed by atoms with Crippen LogP contribution in [0.1, 0.15) is 17.5 Å². The first kappa shape index (κ1) is 13.0. The van der Waals surface area contributed by atoms with E-state index in [4.69, 9.17) is 11.6 Å². The third-order valence-corrected chi connectivity index (χ3v) is 3.69. The summed E-state index contributed by atoms with van der Waals surface area (Å²) in [5, 5.41) is 8.06. The van der Waals surface area contributed by atoms with Crippen LogP contribution in [0, 0.1) is 0 Å². The predicted molar refractivity (Wildman–Crippen MR) is 70.6 cm³/mol. The lowest BCUT2D eigenvalue weighted by Crippen LogP contribution is -2.23. The van der Waals surface area contributed by atoms with Gasteiger partial charge in [-0.25, -0.2) is 4.68 Å². The molecule has 2 rings (SSSR count). The fourth-order valence-corrected chi connectivity index (χ4v) is 2.52. The van der Waals surface area contributed by atoms with E-state index in [-0.39, 0.29) is 5.91 Å². The number of thiophene rings is 1. The number of amides is 1. The van der Waals surface area contributed by atoms with Crippen LogP contribution in [-0.4, -0.2) is 32.8 Å². The maximum Gasteiger partial charge on any atom is 0.219 e. The van der Waals surface area contributed by atoms with Crippen molar-refractivity contribution in [3.05, 3.63) is 33.2 Å². The minimum Gasteiger partial charge on any atom is -0.340 e. The lowest BCUT2D eigenvalue weighted by molar-refractivity contribution is -0.128. The Morgan fingerprint density at radius 2 is 2.33 bits per heavy atom. The number of nitrogens with zero attached hydrogens (tertiary/aromatic N) is 4. The van der Waals surface area contributed by atoms with Gasteiger partial charge >= 0.3 is 0 Å². The first-order chi connectivity index (χ1) is 8.54. The number of carbonyl (C=O) groups is 1. The van der Waals surface area contributed by atoms with Gasteiger partial charge in [-0.2, -0.15) is 0 Å². The van der Waals surface area contributed by atoms with Crippen LogP contribution in [-0.2, 0) is 17.9 Å². The average Bonchev–Trinajstić information content (AvgIpc) is 2.89. The van der Waals surface area contributed by atoms with Crippen LogP contribution in [0.3, 0.4) is 0 Å². The quantitative estimate of drug-likeness (QED) is 0.863. The zero-order valence-electron chi connectivity index (χ0n) is 10.1. The topological polar surface area (TPSA) is 51.0 Å². The van der Waals surface area contributed by atoms with Crippen molar-refractivity contribution in [1.29, 1.82) is 0 Å². The Morgan fingerprint density at radius 3 is 2.94 bits per heavy atom. The van der Waals surface area contributed by atoms with Gasteiger partial charge in [0.2, 0.25) is 5.91 Å². The number of halogens is 1. The molecule has 0 aliphatic carbocycles. The van der Waals surface area contributed by atoms with Crippen molar-refractivity contribution < 1.29 is 4.79 Å². The van der Waals surface area contributed by atoms with Crippen LogP contribution < -0.4 is 0 Å². The Labute approximate surface area is 114 Å². The molecule has 0 unspecified atom stereocenters. The lowest BCUT2D eigenvalue weighted by Gasteiger charge is -2.11. The molecule has 0 aliphatic rings. The lowest BCUT2D eigenvalue weighted by atomic mass is 10.4. The molecule has 2 aromatic rings. The molecule has 0 aromatic carbocycles. The molecule has 0 fully saturated rings. The van der Waals surface area contributed by atoms with Crippen LogP contribution >= 0.6 is 22.9 Å². The van der Waals surface area contributed by atoms with Gasteiger partial charge in [0.1, 0.15) is 5.69 Å². The van der Waals surface area contributed by atoms with Crippen molar-refractivity contribution in [2.24, 2.45) is 0 Å². The Bertz CT molecular complexity index is 551. The second-order valence-electron chi connectivity index (χ2n) is 3.99. The summed E-state index contributed by atoms with van der Waals surface area (Å²) in [4.78, 5) is 13.8. The van der Waals surface area contributed by atoms with Gasteiger partial charge in [-0.3, -0.25) is 4.79 Å². The number of hydrogen-bond acceptors (Lipinski definition) is 4. The summed E-state index contributed by atoms with van der Waals surface area (Å²) in [5.74, 6) is 0.00888. The van der Waals surface area contributed by atoms with Gasteiger partial charge in [-0.15, -0.1) is 16.4 Å². The summed E-state index contributed by atoms with van der Waals surface area (Å²) in [6.45, 7) is 2.65. The van der Waals surface area contributed by atoms with Crippen molar-refractivity contribution in [2.45, 2.75) is 20.0 Å². The number of carbonyl (C=O) groups excluding carboxylic acids is 1. The van der Waals surface area contributed by atoms with E-state index < -0.39 is 0 Å². The van der Waals surface area contributed by atoms with Crippen LogP contribution in [0.5, 0.6) is 0 Å². The zero-order chi connectivity index (χ0) is 13.1. The SMILES string of the molecule is CC(=O)N(C)Cc1cn(Cc2ccc(Cl)s2)nn1. The Hall–Kier alpha value is -1.40. The fraction of sp³-hybridized carbons (Fsp3) is 0.364. The molecule has 1 amide bonds. The van der Waals surface area contributed by atoms with E-state index in [0.29, 0.717) is 13.1 Å². The standard InChI is InChI=1S/C11H13ClN4OS/c1-8(17)15(2)5-9-6-16(14-13-9)7-10-3-4-11(12)18-10/h3-4,6H,5,7H2,1-2H3. The first-order valence-electron chi connectivity index (χ1n) is 5.39. The molecule has 0 radical (unpaired) electrons. The van der Waals surface area contributed by atoms with E-state index in [2.05, 4.69) is 10.3 Å². The van der Waals surface area contributed by atoms with E-state index in [9.17, 15) is 4.79 Å². The number of hydrogen-bond donors (Lipinski definition) is 0. The molecule has 0 atom stereocenters. The highest BCUT2D eigenvalue weighted by Gasteiger charge is 2.08. The van der Waals surface area contributed by atoms with Crippen molar-refractivity contribution in [2.75, 3.05) is 7.05 Å². The Kier molecular flexibility index (Phi) is 3.98. The molecule has 0 N–H and O–H groups in total. The third kappa shape index (κ3) is 3.30. The summed E-state index contributed by atoms with van der Waals surface area (Å²) < 4.78 is 2.51. The maximum atomic E-state index is 11.1. The second-order valence-corrected chi connectivity index (χ2v) is 5.79. The summed E-state index contributed by atoms with van der Waals surface area (Å²) in [7, 11) is 1.74. The number of rotatable bonds is 4. The smallest absolute Gasteiger partial charge is 0.219 e. The van der Waals surface area contributed by atoms with Gasteiger partial charge in [0.15, 0.2) is 0 Å². The van der Waals surface area contributed by atoms with E-state index in [1.54, 1.807) is 16.6 Å². The van der Waals surface area contributed by atoms with Crippen LogP contribution in [0.4, 0.5) is 0 Å². The molecular weight excluding hydrogens is 272 g/mol. The van der Waals surface area contributed by atoms with E-state index in [1.165, 1.54) is 18.3 Å². The van der Waals surface area contributed by atoms with E-state index in [1.807, 2.05) is 18.3 Å². The largest absolute Gasteiger partial charge is 0.340 e. The molecule has 2 heterocycles. The summed E-state index contributed by atoms with van der Waals surface area (Å²) in [6.07, 6.45) is 1.84. The van der Waals surface area contributed by atoms with Crippen LogP contribution in [0.25, 0.3) is 0 Å². The van der Waals surface area contributed by atoms with Crippen LogP contribution in [0.2, 0.25) is 4.34 Å². The van der Waals surface area contributed by atoms with Crippen molar-refractivity contribution in [1.82, 2.24) is 19.9 Å². The minimum absolute atomic E-state index is 0.00888. The molecule has 2 aromatic heterocycles. The normalized spacial score (nSPS) is 10.6. The first-order valence-corrected chi connectivity index (χ1v) is 6.59. The van der Waals surface area contributed by atoms with Crippen LogP contribution in [0.15, 0.2) is 18.3 Å². The van der Waals surface area contributed by atoms with E-state index in [0.717, 1.165) is 14.9 Å². The summed E-state index contributed by atoms with van der Waals surface area (Å²) >= 11 is 7.39. The van der Waals surface area contributed by atoms with Gasteiger partial charge in [0, 0.05) is 18.8 Å². The predicted octanol–water partition coefficient (Wildman–Crippen LogP) is 2.02. The highest BCUT2D eigenvalue weighted by Crippen LogP contribution is 2.21. The Morgan fingerprint density at radius 1 is 1.56 bits per heavy atom. The van der Waals surface area contributed by atoms with Gasteiger partial charge < -0.3 is 4.90 Å². The summed E-state index contributed by atoms with van der Waals surface area (Å²) in [6, 6.07) is 3.83. The average molecular weight is 285 g/mol. The third-order valence-electron chi connectivity index (χ3n) is 2.47. The van der Waals surface area contributed by atoms with Crippen molar-refractivity contribution >= 4 is 28.8 Å². The number of aromatic nitrogens is 3. The minimum atomic E-state index is 0.00888. The molecule has 0 spiro atoms. The molecule has 18 heavy (non-hydrogen) atoms. The van der Waals surface area contributed by atoms with Crippen molar-refractivity contribution in [3.8, 4) is 0 Å². The molecule has 0 saturated carbocycles. The molecular formula is C11H13ClN4OS. The molecule has 5 nitrogen and oxygen atoms in total. The van der Waals surface area contributed by atoms with E-state index >= 15 is 0 Å². The van der Waals surface area contributed by atoms with Gasteiger partial charge in [0.25, 0.3) is 0 Å². The molecule has 0 saturated heterocycles. The molecule has 96 valence electrons. The zero-order valence-corrected chi connectivity index (χ0v) is 11.7. The Balaban J connectivity index is 2.00. The van der Waals surface area contributed by atoms with Crippen molar-refractivity contribution in [3.63, 3.8) is 0 Å². The summed E-state index contributed by atoms with van der Waals surface area (Å²) in [5.41, 5.74) is 0.773. The molecule has 7 heteroatoms. The monoisotopic (exact) mass is 284 g/mol. The molecule has 0 bridgehead atoms. The van der Waals surface area contributed by atoms with Gasteiger partial charge in [0.05, 0.1) is 23.6 Å². The highest BCUT2D eigenvalue weighted by molar-refractivity contribution is 7.16. The second kappa shape index (κ2) is 5.49. The molecule has 0 aliphatic heterocycles. The van der Waals surface area contributed by atoms with Gasteiger partial charge in [-0.1, -0.05) is 16.8 Å². The highest BCUT2D eigenvalue weighted by atomic mass is 35.5. The fourth-order valence-electron chi connectivity index (χ4n) is 1.44. The maximum absolute atomic E-state index is 11.1. The van der Waals surface area contributed by atoms with Gasteiger partial charge in [-0.05, 0) is 12.1 Å².